The predicted molar refractivity (Wildman–Crippen MR) is 123 cm³/mol. The van der Waals surface area contributed by atoms with Crippen molar-refractivity contribution in [3.63, 3.8) is 0 Å². The highest BCUT2D eigenvalue weighted by Crippen LogP contribution is 2.26. The number of rotatable bonds is 6. The van der Waals surface area contributed by atoms with Crippen LogP contribution in [0.4, 0.5) is 14.5 Å². The second-order valence-corrected chi connectivity index (χ2v) is 7.15. The zero-order valence-corrected chi connectivity index (χ0v) is 19.4. The Balaban J connectivity index is 0.00000300. The average Bonchev–Trinajstić information content (AvgIpc) is 3.23. The third-order valence-electron chi connectivity index (χ3n) is 4.95. The van der Waals surface area contributed by atoms with Crippen molar-refractivity contribution in [2.75, 3.05) is 31.6 Å². The summed E-state index contributed by atoms with van der Waals surface area (Å²) in [6, 6.07) is 6.13. The molecule has 6 nitrogen and oxygen atoms in total. The van der Waals surface area contributed by atoms with E-state index in [-0.39, 0.29) is 35.7 Å². The van der Waals surface area contributed by atoms with Crippen LogP contribution in [0, 0.1) is 25.5 Å². The van der Waals surface area contributed by atoms with Gasteiger partial charge in [0, 0.05) is 45.0 Å². The number of para-hydroxylation sites is 1. The molecule has 1 atom stereocenters. The molecule has 9 heteroatoms. The number of anilines is 1. The van der Waals surface area contributed by atoms with Gasteiger partial charge in [-0.05, 0) is 44.9 Å². The minimum atomic E-state index is -0.521. The third-order valence-corrected chi connectivity index (χ3v) is 4.95. The van der Waals surface area contributed by atoms with Gasteiger partial charge >= 0.3 is 0 Å². The van der Waals surface area contributed by atoms with Crippen LogP contribution in [-0.2, 0) is 6.54 Å². The van der Waals surface area contributed by atoms with Crippen molar-refractivity contribution in [3.8, 4) is 0 Å². The number of halogens is 3. The summed E-state index contributed by atoms with van der Waals surface area (Å²) in [5.74, 6) is -0.339. The van der Waals surface area contributed by atoms with Crippen molar-refractivity contribution in [1.82, 2.24) is 20.4 Å². The maximum atomic E-state index is 14.0. The van der Waals surface area contributed by atoms with Gasteiger partial charge in [0.2, 0.25) is 0 Å². The second kappa shape index (κ2) is 10.7. The van der Waals surface area contributed by atoms with Gasteiger partial charge < -0.3 is 15.5 Å². The molecule has 1 fully saturated rings. The highest BCUT2D eigenvalue weighted by Gasteiger charge is 2.27. The Morgan fingerprint density at radius 2 is 2.00 bits per heavy atom. The van der Waals surface area contributed by atoms with Gasteiger partial charge in [0.05, 0.1) is 5.69 Å². The Morgan fingerprint density at radius 1 is 1.28 bits per heavy atom. The van der Waals surface area contributed by atoms with E-state index in [2.05, 4.69) is 33.7 Å². The van der Waals surface area contributed by atoms with E-state index in [4.69, 9.17) is 0 Å². The molecular formula is C20H29F2IN6. The first-order valence-electron chi connectivity index (χ1n) is 9.65. The molecule has 1 saturated heterocycles. The average molecular weight is 518 g/mol. The fourth-order valence-corrected chi connectivity index (χ4v) is 3.60. The Bertz CT molecular complexity index is 818. The van der Waals surface area contributed by atoms with Crippen LogP contribution in [0.2, 0.25) is 0 Å². The lowest BCUT2D eigenvalue weighted by molar-refractivity contribution is 0.552. The van der Waals surface area contributed by atoms with Gasteiger partial charge in [-0.15, -0.1) is 24.0 Å². The predicted octanol–water partition coefficient (Wildman–Crippen LogP) is 3.23. The summed E-state index contributed by atoms with van der Waals surface area (Å²) in [7, 11) is 1.72. The lowest BCUT2D eigenvalue weighted by atomic mass is 10.2. The molecule has 0 bridgehead atoms. The number of aryl methyl sites for hydroxylation is 3. The Kier molecular flexibility index (Phi) is 8.66. The minimum absolute atomic E-state index is 0. The summed E-state index contributed by atoms with van der Waals surface area (Å²) >= 11 is 0. The van der Waals surface area contributed by atoms with Gasteiger partial charge in [-0.25, -0.2) is 8.78 Å². The van der Waals surface area contributed by atoms with Gasteiger partial charge in [0.15, 0.2) is 5.96 Å². The van der Waals surface area contributed by atoms with Gasteiger partial charge in [-0.1, -0.05) is 6.07 Å². The minimum Gasteiger partial charge on any atom is -0.365 e. The molecule has 0 amide bonds. The van der Waals surface area contributed by atoms with Gasteiger partial charge in [-0.2, -0.15) is 5.10 Å². The maximum absolute atomic E-state index is 14.0. The topological polar surface area (TPSA) is 57.5 Å². The molecule has 160 valence electrons. The molecule has 1 aliphatic heterocycles. The van der Waals surface area contributed by atoms with Crippen LogP contribution >= 0.6 is 24.0 Å². The lowest BCUT2D eigenvalue weighted by Crippen LogP contribution is -2.45. The van der Waals surface area contributed by atoms with Crippen molar-refractivity contribution in [2.45, 2.75) is 39.3 Å². The first-order chi connectivity index (χ1) is 13.5. The van der Waals surface area contributed by atoms with Crippen LogP contribution in [0.1, 0.15) is 24.2 Å². The van der Waals surface area contributed by atoms with Crippen LogP contribution in [0.25, 0.3) is 0 Å². The highest BCUT2D eigenvalue weighted by molar-refractivity contribution is 14.0. The van der Waals surface area contributed by atoms with E-state index in [1.54, 1.807) is 11.9 Å². The molecule has 1 unspecified atom stereocenters. The zero-order chi connectivity index (χ0) is 20.1. The van der Waals surface area contributed by atoms with Crippen LogP contribution in [0.15, 0.2) is 29.3 Å². The van der Waals surface area contributed by atoms with Crippen LogP contribution in [-0.4, -0.2) is 48.5 Å². The van der Waals surface area contributed by atoms with Crippen molar-refractivity contribution >= 4 is 35.6 Å². The second-order valence-electron chi connectivity index (χ2n) is 7.15. The van der Waals surface area contributed by atoms with Crippen LogP contribution in [0.3, 0.4) is 0 Å². The number of guanidine groups is 1. The van der Waals surface area contributed by atoms with Crippen molar-refractivity contribution in [2.24, 2.45) is 4.99 Å². The SMILES string of the molecule is CN=C(NCCCn1nc(C)cc1C)NC1CCN(c2c(F)cccc2F)C1.I. The number of aromatic nitrogens is 2. The van der Waals surface area contributed by atoms with Gasteiger partial charge in [0.25, 0.3) is 0 Å². The fourth-order valence-electron chi connectivity index (χ4n) is 3.60. The molecule has 1 aromatic heterocycles. The summed E-state index contributed by atoms with van der Waals surface area (Å²) in [4.78, 5) is 6.00. The lowest BCUT2D eigenvalue weighted by Gasteiger charge is -2.21. The molecule has 0 radical (unpaired) electrons. The maximum Gasteiger partial charge on any atom is 0.191 e. The smallest absolute Gasteiger partial charge is 0.191 e. The molecule has 29 heavy (non-hydrogen) atoms. The van der Waals surface area contributed by atoms with Gasteiger partial charge in [-0.3, -0.25) is 9.67 Å². The Morgan fingerprint density at radius 3 is 2.62 bits per heavy atom. The fraction of sp³-hybridized carbons (Fsp3) is 0.500. The molecule has 1 aromatic carbocycles. The summed E-state index contributed by atoms with van der Waals surface area (Å²) in [6.45, 7) is 6.78. The number of nitrogens with one attached hydrogen (secondary N) is 2. The van der Waals surface area contributed by atoms with E-state index in [1.165, 1.54) is 18.2 Å². The molecule has 2 heterocycles. The van der Waals surface area contributed by atoms with Crippen molar-refractivity contribution < 1.29 is 8.78 Å². The molecule has 3 rings (SSSR count). The quantitative estimate of drug-likeness (QED) is 0.267. The third kappa shape index (κ3) is 6.03. The molecule has 0 saturated carbocycles. The van der Waals surface area contributed by atoms with Crippen LogP contribution < -0.4 is 15.5 Å². The van der Waals surface area contributed by atoms with E-state index >= 15 is 0 Å². The largest absolute Gasteiger partial charge is 0.365 e. The van der Waals surface area contributed by atoms with Crippen LogP contribution in [0.5, 0.6) is 0 Å². The van der Waals surface area contributed by atoms with E-state index in [1.807, 2.05) is 11.6 Å². The number of nitrogens with zero attached hydrogens (tertiary/aromatic N) is 4. The van der Waals surface area contributed by atoms with Crippen molar-refractivity contribution in [1.29, 1.82) is 0 Å². The monoisotopic (exact) mass is 518 g/mol. The summed E-state index contributed by atoms with van der Waals surface area (Å²) in [6.07, 6.45) is 1.71. The number of benzene rings is 1. The van der Waals surface area contributed by atoms with E-state index < -0.39 is 11.6 Å². The summed E-state index contributed by atoms with van der Waals surface area (Å²) < 4.78 is 30.0. The number of hydrogen-bond donors (Lipinski definition) is 2. The molecule has 2 aromatic rings. The van der Waals surface area contributed by atoms with E-state index in [9.17, 15) is 8.78 Å². The van der Waals surface area contributed by atoms with E-state index in [0.717, 1.165) is 37.3 Å². The Labute approximate surface area is 187 Å². The number of aliphatic imine (C=N–C) groups is 1. The molecular weight excluding hydrogens is 489 g/mol. The standard InChI is InChI=1S/C20H28F2N6.HI/c1-14-12-15(2)28(26-14)10-5-9-24-20(23-3)25-16-8-11-27(13-16)19-17(21)6-4-7-18(19)22;/h4,6-7,12,16H,5,8-11,13H2,1-3H3,(H2,23,24,25);1H. The zero-order valence-electron chi connectivity index (χ0n) is 17.1. The van der Waals surface area contributed by atoms with Crippen molar-refractivity contribution in [3.05, 3.63) is 47.3 Å². The summed E-state index contributed by atoms with van der Waals surface area (Å²) in [5.41, 5.74) is 2.24. The van der Waals surface area contributed by atoms with Gasteiger partial charge in [0.1, 0.15) is 17.3 Å². The number of hydrogen-bond acceptors (Lipinski definition) is 3. The molecule has 1 aliphatic rings. The molecule has 2 N–H and O–H groups in total. The highest BCUT2D eigenvalue weighted by atomic mass is 127. The first-order valence-corrected chi connectivity index (χ1v) is 9.65. The first kappa shape index (κ1) is 23.4. The molecule has 0 spiro atoms. The molecule has 0 aliphatic carbocycles. The van der Waals surface area contributed by atoms with E-state index in [0.29, 0.717) is 19.0 Å². The normalized spacial score (nSPS) is 16.7. The Hall–Kier alpha value is -1.91. The summed E-state index contributed by atoms with van der Waals surface area (Å²) in [5, 5.41) is 11.1.